The molecule has 0 fully saturated rings. The van der Waals surface area contributed by atoms with Gasteiger partial charge in [-0.1, -0.05) is 207 Å². The lowest BCUT2D eigenvalue weighted by Gasteiger charge is -2.18. The van der Waals surface area contributed by atoms with Crippen molar-refractivity contribution in [3.8, 4) is 0 Å². The van der Waals surface area contributed by atoms with Crippen molar-refractivity contribution < 1.29 is 37.9 Å². The smallest absolute Gasteiger partial charge is 0.462 e. The van der Waals surface area contributed by atoms with Crippen molar-refractivity contribution >= 4 is 19.8 Å². The molecule has 0 aliphatic rings. The van der Waals surface area contributed by atoms with E-state index in [1.807, 2.05) is 0 Å². The van der Waals surface area contributed by atoms with E-state index in [2.05, 4.69) is 32.2 Å². The van der Waals surface area contributed by atoms with E-state index in [4.69, 9.17) is 19.3 Å². The lowest BCUT2D eigenvalue weighted by atomic mass is 10.0. The molecule has 0 unspecified atom stereocenters. The molecule has 0 rings (SSSR count). The summed E-state index contributed by atoms with van der Waals surface area (Å²) in [5.74, 6) is 0.795. The molecule has 1 atom stereocenters. The summed E-state index contributed by atoms with van der Waals surface area (Å²) in [5, 5.41) is 0. The van der Waals surface area contributed by atoms with Crippen LogP contribution >= 0.6 is 7.82 Å². The molecule has 0 aliphatic heterocycles. The van der Waals surface area contributed by atoms with Crippen LogP contribution in [0.4, 0.5) is 0 Å². The molecule has 0 heterocycles. The van der Waals surface area contributed by atoms with Crippen molar-refractivity contribution in [2.24, 2.45) is 11.8 Å². The summed E-state index contributed by atoms with van der Waals surface area (Å²) in [6.45, 7) is 8.41. The van der Waals surface area contributed by atoms with Crippen LogP contribution in [0.5, 0.6) is 0 Å². The van der Waals surface area contributed by atoms with Crippen LogP contribution in [0.15, 0.2) is 0 Å². The molecule has 0 saturated heterocycles. The average Bonchev–Trinajstić information content (AvgIpc) is 3.08. The van der Waals surface area contributed by atoms with Gasteiger partial charge in [0.1, 0.15) is 6.61 Å². The molecular weight excluding hydrogens is 675 g/mol. The molecular formula is C43H85O8P. The summed E-state index contributed by atoms with van der Waals surface area (Å²) in [6, 6.07) is 0. The third kappa shape index (κ3) is 41.8. The minimum Gasteiger partial charge on any atom is -0.462 e. The van der Waals surface area contributed by atoms with Crippen LogP contribution in [-0.4, -0.2) is 41.0 Å². The van der Waals surface area contributed by atoms with E-state index in [9.17, 15) is 14.2 Å². The number of ether oxygens (including phenoxy) is 2. The van der Waals surface area contributed by atoms with Gasteiger partial charge in [0.15, 0.2) is 6.10 Å². The predicted molar refractivity (Wildman–Crippen MR) is 216 cm³/mol. The van der Waals surface area contributed by atoms with Crippen molar-refractivity contribution in [2.45, 2.75) is 239 Å². The number of esters is 2. The van der Waals surface area contributed by atoms with Crippen LogP contribution in [0.3, 0.4) is 0 Å². The van der Waals surface area contributed by atoms with Crippen molar-refractivity contribution in [2.75, 3.05) is 13.2 Å². The monoisotopic (exact) mass is 761 g/mol. The number of carbonyl (C=O) groups is 2. The summed E-state index contributed by atoms with van der Waals surface area (Å²) < 4.78 is 26.4. The van der Waals surface area contributed by atoms with Gasteiger partial charge in [0.2, 0.25) is 0 Å². The minimum atomic E-state index is -4.75. The fourth-order valence-corrected chi connectivity index (χ4v) is 7.05. The molecule has 0 saturated carbocycles. The summed E-state index contributed by atoms with van der Waals surface area (Å²) >= 11 is 0. The van der Waals surface area contributed by atoms with E-state index in [0.717, 1.165) is 43.9 Å². The Balaban J connectivity index is 3.84. The maximum absolute atomic E-state index is 12.4. The zero-order valence-corrected chi connectivity index (χ0v) is 35.5. The molecule has 8 nitrogen and oxygen atoms in total. The summed E-state index contributed by atoms with van der Waals surface area (Å²) in [5.41, 5.74) is 0. The Bertz CT molecular complexity index is 843. The predicted octanol–water partition coefficient (Wildman–Crippen LogP) is 13.3. The summed E-state index contributed by atoms with van der Waals surface area (Å²) in [6.07, 6.45) is 36.8. The van der Waals surface area contributed by atoms with E-state index < -0.39 is 32.5 Å². The zero-order valence-electron chi connectivity index (χ0n) is 34.6. The number of hydrogen-bond acceptors (Lipinski definition) is 6. The Hall–Kier alpha value is -0.950. The first-order valence-electron chi connectivity index (χ1n) is 22.0. The van der Waals surface area contributed by atoms with E-state index in [1.165, 1.54) is 154 Å². The van der Waals surface area contributed by atoms with Gasteiger partial charge in [0, 0.05) is 12.8 Å². The Kier molecular flexibility index (Phi) is 36.3. The maximum atomic E-state index is 12.4. The SMILES string of the molecule is CC(C)CCCCCCCCCCCCCCCCC(=O)OC[C@H](COP(=O)(O)O)OC(=O)CCCCCCCCCCCCCCCCC(C)C. The number of unbranched alkanes of at least 4 members (excludes halogenated alkanes) is 26. The normalized spacial score (nSPS) is 12.5. The summed E-state index contributed by atoms with van der Waals surface area (Å²) in [4.78, 5) is 42.9. The number of phosphoric acid groups is 1. The van der Waals surface area contributed by atoms with E-state index in [-0.39, 0.29) is 19.4 Å². The second-order valence-electron chi connectivity index (χ2n) is 16.3. The number of rotatable bonds is 40. The number of carbonyl (C=O) groups excluding carboxylic acids is 2. The van der Waals surface area contributed by atoms with Crippen molar-refractivity contribution in [3.63, 3.8) is 0 Å². The molecule has 0 aromatic rings. The lowest BCUT2D eigenvalue weighted by molar-refractivity contribution is -0.161. The van der Waals surface area contributed by atoms with Crippen LogP contribution in [0, 0.1) is 11.8 Å². The molecule has 52 heavy (non-hydrogen) atoms. The topological polar surface area (TPSA) is 119 Å². The van der Waals surface area contributed by atoms with Gasteiger partial charge in [-0.3, -0.25) is 14.1 Å². The summed E-state index contributed by atoms with van der Waals surface area (Å²) in [7, 11) is -4.75. The van der Waals surface area contributed by atoms with Gasteiger partial charge < -0.3 is 19.3 Å². The Morgan fingerprint density at radius 3 is 1.04 bits per heavy atom. The molecule has 9 heteroatoms. The zero-order chi connectivity index (χ0) is 38.5. The van der Waals surface area contributed by atoms with Gasteiger partial charge >= 0.3 is 19.8 Å². The highest BCUT2D eigenvalue weighted by Gasteiger charge is 2.23. The van der Waals surface area contributed by atoms with E-state index >= 15 is 0 Å². The molecule has 0 aromatic carbocycles. The fourth-order valence-electron chi connectivity index (χ4n) is 6.69. The van der Waals surface area contributed by atoms with Crippen molar-refractivity contribution in [1.29, 1.82) is 0 Å². The van der Waals surface area contributed by atoms with Gasteiger partial charge in [-0.2, -0.15) is 0 Å². The molecule has 310 valence electrons. The molecule has 0 amide bonds. The van der Waals surface area contributed by atoms with Gasteiger partial charge in [0.05, 0.1) is 6.61 Å². The van der Waals surface area contributed by atoms with Crippen molar-refractivity contribution in [3.05, 3.63) is 0 Å². The Labute approximate surface area is 321 Å². The van der Waals surface area contributed by atoms with Crippen LogP contribution in [-0.2, 0) is 28.2 Å². The number of phosphoric ester groups is 1. The third-order valence-electron chi connectivity index (χ3n) is 9.98. The first-order valence-corrected chi connectivity index (χ1v) is 23.6. The van der Waals surface area contributed by atoms with E-state index in [1.54, 1.807) is 0 Å². The van der Waals surface area contributed by atoms with Gasteiger partial charge in [0.25, 0.3) is 0 Å². The fraction of sp³-hybridized carbons (Fsp3) is 0.953. The third-order valence-corrected chi connectivity index (χ3v) is 10.5. The van der Waals surface area contributed by atoms with Gasteiger partial charge in [-0.25, -0.2) is 4.57 Å². The first-order chi connectivity index (χ1) is 25.0. The highest BCUT2D eigenvalue weighted by molar-refractivity contribution is 7.46. The maximum Gasteiger partial charge on any atom is 0.469 e. The van der Waals surface area contributed by atoms with Gasteiger partial charge in [-0.15, -0.1) is 0 Å². The van der Waals surface area contributed by atoms with Crippen molar-refractivity contribution in [1.82, 2.24) is 0 Å². The molecule has 2 N–H and O–H groups in total. The molecule has 0 spiro atoms. The van der Waals surface area contributed by atoms with Crippen LogP contribution in [0.1, 0.15) is 233 Å². The Morgan fingerprint density at radius 2 is 0.731 bits per heavy atom. The molecule has 0 aromatic heterocycles. The van der Waals surface area contributed by atoms with Crippen LogP contribution in [0.25, 0.3) is 0 Å². The van der Waals surface area contributed by atoms with Crippen LogP contribution in [0.2, 0.25) is 0 Å². The molecule has 0 aliphatic carbocycles. The lowest BCUT2D eigenvalue weighted by Crippen LogP contribution is -2.29. The second-order valence-corrected chi connectivity index (χ2v) is 17.6. The van der Waals surface area contributed by atoms with E-state index in [0.29, 0.717) is 6.42 Å². The largest absolute Gasteiger partial charge is 0.469 e. The minimum absolute atomic E-state index is 0.219. The first kappa shape index (κ1) is 51.0. The molecule has 0 radical (unpaired) electrons. The standard InChI is InChI=1S/C43H85O8P/c1-39(2)33-29-25-21-17-13-9-5-7-11-15-19-23-27-31-35-42(44)49-37-41(38-50-52(46,47)48)51-43(45)36-32-28-24-20-16-12-8-6-10-14-18-22-26-30-34-40(3)4/h39-41H,5-38H2,1-4H3,(H2,46,47,48)/t41-/m1/s1. The average molecular weight is 761 g/mol. The Morgan fingerprint density at radius 1 is 0.442 bits per heavy atom. The molecule has 0 bridgehead atoms. The van der Waals surface area contributed by atoms with Gasteiger partial charge in [-0.05, 0) is 24.7 Å². The second kappa shape index (κ2) is 37.0. The highest BCUT2D eigenvalue weighted by atomic mass is 31.2. The quantitative estimate of drug-likeness (QED) is 0.0360. The number of hydrogen-bond donors (Lipinski definition) is 2. The van der Waals surface area contributed by atoms with Crippen LogP contribution < -0.4 is 0 Å². The highest BCUT2D eigenvalue weighted by Crippen LogP contribution is 2.36.